The largest absolute Gasteiger partial charge is 0.393 e. The van der Waals surface area contributed by atoms with Crippen molar-refractivity contribution in [3.63, 3.8) is 0 Å². The number of carbonyl (C=O) groups is 3. The Labute approximate surface area is 130 Å². The van der Waals surface area contributed by atoms with E-state index in [0.717, 1.165) is 25.8 Å². The topological polar surface area (TPSA) is 113 Å². The van der Waals surface area contributed by atoms with Gasteiger partial charge in [0.05, 0.1) is 24.1 Å². The van der Waals surface area contributed by atoms with E-state index in [1.807, 2.05) is 0 Å². The molecule has 22 heavy (non-hydrogen) atoms. The van der Waals surface area contributed by atoms with Crippen LogP contribution < -0.4 is 11.1 Å². The van der Waals surface area contributed by atoms with Crippen LogP contribution in [0.2, 0.25) is 0 Å². The molecule has 0 spiro atoms. The molecule has 0 bridgehead atoms. The fraction of sp³-hybridized carbons (Fsp3) is 0.800. The number of hydrogen-bond acceptors (Lipinski definition) is 5. The molecule has 4 N–H and O–H groups in total. The summed E-state index contributed by atoms with van der Waals surface area (Å²) >= 11 is 0. The highest BCUT2D eigenvalue weighted by atomic mass is 16.3. The monoisotopic (exact) mass is 311 g/mol. The summed E-state index contributed by atoms with van der Waals surface area (Å²) in [5.41, 5.74) is 5.24. The van der Waals surface area contributed by atoms with Crippen molar-refractivity contribution in [3.8, 4) is 0 Å². The molecule has 2 rings (SSSR count). The zero-order valence-corrected chi connectivity index (χ0v) is 13.0. The summed E-state index contributed by atoms with van der Waals surface area (Å²) in [6.45, 7) is 2.85. The normalized spacial score (nSPS) is 27.6. The van der Waals surface area contributed by atoms with Crippen molar-refractivity contribution in [1.82, 2.24) is 10.2 Å². The van der Waals surface area contributed by atoms with Gasteiger partial charge in [0.1, 0.15) is 0 Å². The fourth-order valence-corrected chi connectivity index (χ4v) is 3.32. The van der Waals surface area contributed by atoms with Crippen LogP contribution in [0.3, 0.4) is 0 Å². The van der Waals surface area contributed by atoms with Gasteiger partial charge in [-0.2, -0.15) is 0 Å². The molecule has 0 aromatic carbocycles. The molecule has 2 aliphatic rings. The number of aliphatic hydroxyl groups excluding tert-OH is 1. The quantitative estimate of drug-likeness (QED) is 0.593. The molecule has 2 heterocycles. The van der Waals surface area contributed by atoms with E-state index < -0.39 is 24.0 Å². The Morgan fingerprint density at radius 1 is 1.32 bits per heavy atom. The maximum Gasteiger partial charge on any atom is 0.240 e. The molecule has 7 heteroatoms. The van der Waals surface area contributed by atoms with Gasteiger partial charge in [-0.25, -0.2) is 0 Å². The van der Waals surface area contributed by atoms with Gasteiger partial charge in [0.2, 0.25) is 11.8 Å². The molecule has 124 valence electrons. The minimum absolute atomic E-state index is 0.0268. The van der Waals surface area contributed by atoms with Gasteiger partial charge >= 0.3 is 0 Å². The predicted molar refractivity (Wildman–Crippen MR) is 79.7 cm³/mol. The highest BCUT2D eigenvalue weighted by Crippen LogP contribution is 2.24. The molecule has 2 fully saturated rings. The lowest BCUT2D eigenvalue weighted by Gasteiger charge is -2.27. The van der Waals surface area contributed by atoms with Crippen molar-refractivity contribution in [2.45, 2.75) is 57.2 Å². The Kier molecular flexibility index (Phi) is 5.52. The van der Waals surface area contributed by atoms with Gasteiger partial charge in [-0.3, -0.25) is 14.4 Å². The molecular weight excluding hydrogens is 286 g/mol. The maximum absolute atomic E-state index is 12.5. The summed E-state index contributed by atoms with van der Waals surface area (Å²) in [4.78, 5) is 37.9. The molecule has 0 aromatic heterocycles. The zero-order chi connectivity index (χ0) is 16.3. The van der Waals surface area contributed by atoms with Gasteiger partial charge < -0.3 is 21.1 Å². The average molecular weight is 311 g/mol. The summed E-state index contributed by atoms with van der Waals surface area (Å²) < 4.78 is 0. The van der Waals surface area contributed by atoms with Crippen LogP contribution in [-0.2, 0) is 14.4 Å². The molecule has 0 saturated carbocycles. The third-order valence-electron chi connectivity index (χ3n) is 4.63. The van der Waals surface area contributed by atoms with Gasteiger partial charge in [-0.1, -0.05) is 0 Å². The number of likely N-dealkylation sites (tertiary alicyclic amines) is 1. The molecular formula is C15H25N3O4. The Bertz CT molecular complexity index is 446. The van der Waals surface area contributed by atoms with Crippen molar-refractivity contribution in [2.24, 2.45) is 11.7 Å². The number of ketones is 1. The fourth-order valence-electron chi connectivity index (χ4n) is 3.32. The van der Waals surface area contributed by atoms with Crippen molar-refractivity contribution < 1.29 is 19.5 Å². The lowest BCUT2D eigenvalue weighted by Crippen LogP contribution is -2.49. The third kappa shape index (κ3) is 3.64. The Hall–Kier alpha value is -1.47. The number of hydrogen-bond donors (Lipinski definition) is 3. The molecule has 4 atom stereocenters. The molecule has 2 saturated heterocycles. The molecule has 0 radical (unpaired) electrons. The lowest BCUT2D eigenvalue weighted by molar-refractivity contribution is -0.140. The number of primary amides is 1. The first-order chi connectivity index (χ1) is 10.4. The minimum Gasteiger partial charge on any atom is -0.393 e. The van der Waals surface area contributed by atoms with Crippen molar-refractivity contribution >= 4 is 17.6 Å². The third-order valence-corrected chi connectivity index (χ3v) is 4.63. The number of carbonyl (C=O) groups excluding carboxylic acids is 3. The number of nitrogens with one attached hydrogen (secondary N) is 1. The Morgan fingerprint density at radius 3 is 2.59 bits per heavy atom. The van der Waals surface area contributed by atoms with Crippen LogP contribution in [0.4, 0.5) is 0 Å². The molecule has 7 nitrogen and oxygen atoms in total. The van der Waals surface area contributed by atoms with Crippen LogP contribution in [0.5, 0.6) is 0 Å². The second-order valence-electron chi connectivity index (χ2n) is 6.26. The zero-order valence-electron chi connectivity index (χ0n) is 13.0. The summed E-state index contributed by atoms with van der Waals surface area (Å²) in [7, 11) is 0. The van der Waals surface area contributed by atoms with E-state index in [-0.39, 0.29) is 24.2 Å². The Morgan fingerprint density at radius 2 is 2.05 bits per heavy atom. The van der Waals surface area contributed by atoms with Crippen molar-refractivity contribution in [1.29, 1.82) is 0 Å². The van der Waals surface area contributed by atoms with E-state index in [9.17, 15) is 19.5 Å². The summed E-state index contributed by atoms with van der Waals surface area (Å²) in [5, 5.41) is 12.7. The van der Waals surface area contributed by atoms with Crippen LogP contribution in [0.15, 0.2) is 0 Å². The highest BCUT2D eigenvalue weighted by molar-refractivity contribution is 5.93. The maximum atomic E-state index is 12.5. The van der Waals surface area contributed by atoms with Crippen LogP contribution in [-0.4, -0.2) is 58.9 Å². The first-order valence-electron chi connectivity index (χ1n) is 7.95. The van der Waals surface area contributed by atoms with E-state index in [1.54, 1.807) is 4.90 Å². The molecule has 0 unspecified atom stereocenters. The van der Waals surface area contributed by atoms with Gasteiger partial charge in [0.25, 0.3) is 0 Å². The van der Waals surface area contributed by atoms with Gasteiger partial charge in [-0.05, 0) is 39.2 Å². The second kappa shape index (κ2) is 7.19. The molecule has 2 amide bonds. The van der Waals surface area contributed by atoms with E-state index in [2.05, 4.69) is 5.32 Å². The first-order valence-corrected chi connectivity index (χ1v) is 7.95. The number of Topliss-reactive ketones (excluding diaryl/α,β-unsaturated/α-hetero) is 1. The van der Waals surface area contributed by atoms with E-state index >= 15 is 0 Å². The van der Waals surface area contributed by atoms with E-state index in [4.69, 9.17) is 5.73 Å². The smallest absolute Gasteiger partial charge is 0.240 e. The van der Waals surface area contributed by atoms with Crippen LogP contribution in [0, 0.1) is 5.92 Å². The van der Waals surface area contributed by atoms with Crippen molar-refractivity contribution in [3.05, 3.63) is 0 Å². The standard InChI is InChI=1S/C15H25N3O4/c1-9(19)10(14(16)21)8-13(20)12-5-3-7-18(12)15(22)11-4-2-6-17-11/h9-12,17,19H,2-8H2,1H3,(H2,16,21)/t9-,10+,11-,12+/m1/s1. The minimum atomic E-state index is -0.969. The van der Waals surface area contributed by atoms with Crippen molar-refractivity contribution in [2.75, 3.05) is 13.1 Å². The number of nitrogens with two attached hydrogens (primary N) is 1. The van der Waals surface area contributed by atoms with Crippen LogP contribution in [0.25, 0.3) is 0 Å². The predicted octanol–water partition coefficient (Wildman–Crippen LogP) is -0.829. The van der Waals surface area contributed by atoms with Gasteiger partial charge in [0.15, 0.2) is 5.78 Å². The SMILES string of the molecule is C[C@@H](O)[C@H](CC(=O)[C@@H]1CCCN1C(=O)[C@H]1CCCN1)C(N)=O. The number of amides is 2. The van der Waals surface area contributed by atoms with Crippen LogP contribution in [0.1, 0.15) is 39.0 Å². The lowest BCUT2D eigenvalue weighted by atomic mass is 9.92. The van der Waals surface area contributed by atoms with Crippen LogP contribution >= 0.6 is 0 Å². The Balaban J connectivity index is 2.01. The highest BCUT2D eigenvalue weighted by Gasteiger charge is 2.39. The second-order valence-corrected chi connectivity index (χ2v) is 6.26. The molecule has 0 aromatic rings. The van der Waals surface area contributed by atoms with E-state index in [1.165, 1.54) is 6.92 Å². The first kappa shape index (κ1) is 16.9. The van der Waals surface area contributed by atoms with E-state index in [0.29, 0.717) is 13.0 Å². The number of aliphatic hydroxyl groups is 1. The number of nitrogens with zero attached hydrogens (tertiary/aromatic N) is 1. The van der Waals surface area contributed by atoms with Gasteiger partial charge in [0, 0.05) is 13.0 Å². The molecule has 2 aliphatic heterocycles. The molecule has 0 aliphatic carbocycles. The average Bonchev–Trinajstić information content (AvgIpc) is 3.13. The summed E-state index contributed by atoms with van der Waals surface area (Å²) in [5.74, 6) is -1.79. The summed E-state index contributed by atoms with van der Waals surface area (Å²) in [6.07, 6.45) is 2.08. The number of rotatable bonds is 6. The van der Waals surface area contributed by atoms with Gasteiger partial charge in [-0.15, -0.1) is 0 Å². The summed E-state index contributed by atoms with van der Waals surface area (Å²) in [6, 6.07) is -0.687.